The monoisotopic (exact) mass is 291 g/mol. The lowest BCUT2D eigenvalue weighted by Crippen LogP contribution is -1.99. The molecule has 7 heteroatoms. The minimum atomic E-state index is -0.295. The molecule has 0 aliphatic rings. The lowest BCUT2D eigenvalue weighted by atomic mass is 10.3. The van der Waals surface area contributed by atoms with Crippen LogP contribution in [0.1, 0.15) is 6.92 Å². The van der Waals surface area contributed by atoms with Crippen LogP contribution in [0.2, 0.25) is 5.28 Å². The number of hydrogen-bond donors (Lipinski definition) is 1. The summed E-state index contributed by atoms with van der Waals surface area (Å²) in [5.74, 6) is 0.204. The smallest absolute Gasteiger partial charge is 0.226 e. The largest absolute Gasteiger partial charge is 0.338 e. The molecule has 3 rings (SSSR count). The number of imidazole rings is 1. The minimum Gasteiger partial charge on any atom is -0.338 e. The summed E-state index contributed by atoms with van der Waals surface area (Å²) in [4.78, 5) is 12.6. The Hall–Kier alpha value is -2.21. The fourth-order valence-electron chi connectivity index (χ4n) is 1.91. The Labute approximate surface area is 119 Å². The van der Waals surface area contributed by atoms with Crippen LogP contribution < -0.4 is 5.32 Å². The first-order chi connectivity index (χ1) is 9.67. The van der Waals surface area contributed by atoms with Crippen molar-refractivity contribution in [2.45, 2.75) is 13.5 Å². The Morgan fingerprint density at radius 2 is 2.00 bits per heavy atom. The SMILES string of the molecule is CCn1cnc2c(Nc3ccc(F)cc3)nc(Cl)nc21. The van der Waals surface area contributed by atoms with E-state index in [2.05, 4.69) is 20.3 Å². The van der Waals surface area contributed by atoms with Crippen molar-refractivity contribution >= 4 is 34.3 Å². The second kappa shape index (κ2) is 5.05. The highest BCUT2D eigenvalue weighted by atomic mass is 35.5. The third-order valence-corrected chi connectivity index (χ3v) is 3.05. The fourth-order valence-corrected chi connectivity index (χ4v) is 2.07. The van der Waals surface area contributed by atoms with Gasteiger partial charge in [0, 0.05) is 12.2 Å². The summed E-state index contributed by atoms with van der Waals surface area (Å²) in [6, 6.07) is 5.97. The van der Waals surface area contributed by atoms with Gasteiger partial charge in [0.05, 0.1) is 6.33 Å². The third-order valence-electron chi connectivity index (χ3n) is 2.88. The van der Waals surface area contributed by atoms with Crippen LogP contribution in [0.4, 0.5) is 15.9 Å². The van der Waals surface area contributed by atoms with E-state index >= 15 is 0 Å². The molecule has 0 spiro atoms. The molecule has 2 heterocycles. The quantitative estimate of drug-likeness (QED) is 0.752. The predicted molar refractivity (Wildman–Crippen MR) is 75.7 cm³/mol. The number of halogens is 2. The van der Waals surface area contributed by atoms with Crippen molar-refractivity contribution in [3.63, 3.8) is 0 Å². The normalized spacial score (nSPS) is 10.9. The second-order valence-electron chi connectivity index (χ2n) is 4.18. The van der Waals surface area contributed by atoms with E-state index in [4.69, 9.17) is 11.6 Å². The van der Waals surface area contributed by atoms with E-state index in [9.17, 15) is 4.39 Å². The Balaban J connectivity index is 2.06. The number of nitrogens with one attached hydrogen (secondary N) is 1. The van der Waals surface area contributed by atoms with Crippen molar-refractivity contribution in [1.29, 1.82) is 0 Å². The zero-order valence-electron chi connectivity index (χ0n) is 10.6. The van der Waals surface area contributed by atoms with Gasteiger partial charge in [0.15, 0.2) is 17.0 Å². The van der Waals surface area contributed by atoms with Crippen LogP contribution in [0.15, 0.2) is 30.6 Å². The van der Waals surface area contributed by atoms with Crippen molar-refractivity contribution < 1.29 is 4.39 Å². The summed E-state index contributed by atoms with van der Waals surface area (Å²) in [6.07, 6.45) is 1.69. The Bertz CT molecular complexity index is 753. The summed E-state index contributed by atoms with van der Waals surface area (Å²) >= 11 is 5.94. The average Bonchev–Trinajstić information content (AvgIpc) is 2.84. The van der Waals surface area contributed by atoms with E-state index in [1.807, 2.05) is 11.5 Å². The van der Waals surface area contributed by atoms with Crippen LogP contribution >= 0.6 is 11.6 Å². The van der Waals surface area contributed by atoms with Crippen LogP contribution in [0, 0.1) is 5.82 Å². The lowest BCUT2D eigenvalue weighted by Gasteiger charge is -2.07. The molecule has 2 aromatic heterocycles. The molecule has 102 valence electrons. The standard InChI is InChI=1S/C13H11ClFN5/c1-2-20-7-16-10-11(18-13(14)19-12(10)20)17-9-5-3-8(15)4-6-9/h3-7H,2H2,1H3,(H,17,18,19). The van der Waals surface area contributed by atoms with Gasteiger partial charge >= 0.3 is 0 Å². The molecule has 0 saturated carbocycles. The van der Waals surface area contributed by atoms with Crippen LogP contribution in [0.25, 0.3) is 11.2 Å². The Kier molecular flexibility index (Phi) is 3.23. The molecule has 0 aliphatic carbocycles. The first kappa shape index (κ1) is 12.8. The summed E-state index contributed by atoms with van der Waals surface area (Å²) in [5.41, 5.74) is 1.99. The highest BCUT2D eigenvalue weighted by Gasteiger charge is 2.12. The molecule has 0 fully saturated rings. The number of nitrogens with zero attached hydrogens (tertiary/aromatic N) is 4. The van der Waals surface area contributed by atoms with Crippen LogP contribution in [-0.2, 0) is 6.54 Å². The van der Waals surface area contributed by atoms with Gasteiger partial charge in [-0.1, -0.05) is 0 Å². The van der Waals surface area contributed by atoms with Crippen LogP contribution in [0.5, 0.6) is 0 Å². The third kappa shape index (κ3) is 2.30. The van der Waals surface area contributed by atoms with Gasteiger partial charge in [-0.05, 0) is 42.8 Å². The van der Waals surface area contributed by atoms with E-state index in [1.54, 1.807) is 18.5 Å². The molecular formula is C13H11ClFN5. The zero-order chi connectivity index (χ0) is 14.1. The number of fused-ring (bicyclic) bond motifs is 1. The van der Waals surface area contributed by atoms with Crippen LogP contribution in [-0.4, -0.2) is 19.5 Å². The van der Waals surface area contributed by atoms with E-state index in [-0.39, 0.29) is 11.1 Å². The van der Waals surface area contributed by atoms with E-state index in [0.29, 0.717) is 22.7 Å². The molecule has 0 aliphatic heterocycles. The van der Waals surface area contributed by atoms with Gasteiger partial charge in [-0.15, -0.1) is 0 Å². The van der Waals surface area contributed by atoms with Crippen molar-refractivity contribution in [1.82, 2.24) is 19.5 Å². The van der Waals surface area contributed by atoms with Crippen LogP contribution in [0.3, 0.4) is 0 Å². The summed E-state index contributed by atoms with van der Waals surface area (Å²) < 4.78 is 14.8. The zero-order valence-corrected chi connectivity index (χ0v) is 11.4. The number of rotatable bonds is 3. The predicted octanol–water partition coefficient (Wildman–Crippen LogP) is 3.38. The van der Waals surface area contributed by atoms with Crippen molar-refractivity contribution in [2.75, 3.05) is 5.32 Å². The maximum Gasteiger partial charge on any atom is 0.226 e. The summed E-state index contributed by atoms with van der Waals surface area (Å²) in [7, 11) is 0. The van der Waals surface area contributed by atoms with Gasteiger partial charge in [-0.2, -0.15) is 9.97 Å². The van der Waals surface area contributed by atoms with Crippen molar-refractivity contribution in [3.8, 4) is 0 Å². The molecule has 20 heavy (non-hydrogen) atoms. The Morgan fingerprint density at radius 1 is 1.25 bits per heavy atom. The number of anilines is 2. The highest BCUT2D eigenvalue weighted by Crippen LogP contribution is 2.24. The van der Waals surface area contributed by atoms with E-state index in [0.717, 1.165) is 6.54 Å². The van der Waals surface area contributed by atoms with Crippen molar-refractivity contribution in [2.24, 2.45) is 0 Å². The van der Waals surface area contributed by atoms with Gasteiger partial charge < -0.3 is 9.88 Å². The average molecular weight is 292 g/mol. The molecule has 0 radical (unpaired) electrons. The van der Waals surface area contributed by atoms with Crippen molar-refractivity contribution in [3.05, 3.63) is 41.7 Å². The number of aromatic nitrogens is 4. The topological polar surface area (TPSA) is 55.6 Å². The molecule has 0 saturated heterocycles. The number of hydrogen-bond acceptors (Lipinski definition) is 4. The second-order valence-corrected chi connectivity index (χ2v) is 4.51. The number of benzene rings is 1. The van der Waals surface area contributed by atoms with E-state index < -0.39 is 0 Å². The maximum atomic E-state index is 12.9. The first-order valence-corrected chi connectivity index (χ1v) is 6.46. The molecule has 1 N–H and O–H groups in total. The van der Waals surface area contributed by atoms with Gasteiger partial charge in [0.2, 0.25) is 5.28 Å². The summed E-state index contributed by atoms with van der Waals surface area (Å²) in [5, 5.41) is 3.21. The molecule has 0 bridgehead atoms. The first-order valence-electron chi connectivity index (χ1n) is 6.08. The van der Waals surface area contributed by atoms with Gasteiger partial charge in [-0.25, -0.2) is 9.37 Å². The van der Waals surface area contributed by atoms with Gasteiger partial charge in [0.25, 0.3) is 0 Å². The lowest BCUT2D eigenvalue weighted by molar-refractivity contribution is 0.628. The molecular weight excluding hydrogens is 281 g/mol. The Morgan fingerprint density at radius 3 is 2.70 bits per heavy atom. The van der Waals surface area contributed by atoms with Gasteiger partial charge in [0.1, 0.15) is 5.82 Å². The molecule has 5 nitrogen and oxygen atoms in total. The molecule has 0 amide bonds. The molecule has 3 aromatic rings. The van der Waals surface area contributed by atoms with Gasteiger partial charge in [-0.3, -0.25) is 0 Å². The molecule has 1 aromatic carbocycles. The molecule has 0 atom stereocenters. The minimum absolute atomic E-state index is 0.136. The maximum absolute atomic E-state index is 12.9. The molecule has 0 unspecified atom stereocenters. The van der Waals surface area contributed by atoms with E-state index in [1.165, 1.54) is 12.1 Å². The number of aryl methyl sites for hydroxylation is 1. The highest BCUT2D eigenvalue weighted by molar-refractivity contribution is 6.28. The summed E-state index contributed by atoms with van der Waals surface area (Å²) in [6.45, 7) is 2.73. The fraction of sp³-hybridized carbons (Fsp3) is 0.154.